The molecule has 1 aliphatic rings. The summed E-state index contributed by atoms with van der Waals surface area (Å²) in [5.41, 5.74) is 5.05. The van der Waals surface area contributed by atoms with Crippen LogP contribution < -0.4 is 0 Å². The van der Waals surface area contributed by atoms with Crippen LogP contribution in [0.15, 0.2) is 60.0 Å². The van der Waals surface area contributed by atoms with Crippen molar-refractivity contribution in [3.63, 3.8) is 0 Å². The maximum Gasteiger partial charge on any atom is 0.247 e. The molecule has 1 aliphatic heterocycles. The summed E-state index contributed by atoms with van der Waals surface area (Å²) in [6.07, 6.45) is 4.92. The molecule has 0 saturated carbocycles. The van der Waals surface area contributed by atoms with E-state index in [2.05, 4.69) is 15.1 Å². The summed E-state index contributed by atoms with van der Waals surface area (Å²) in [4.78, 5) is 8.75. The van der Waals surface area contributed by atoms with Gasteiger partial charge in [-0.15, -0.1) is 0 Å². The van der Waals surface area contributed by atoms with Crippen LogP contribution in [0.5, 0.6) is 0 Å². The molecule has 0 radical (unpaired) electrons. The van der Waals surface area contributed by atoms with Crippen LogP contribution in [0.25, 0.3) is 11.0 Å². The molecule has 0 bridgehead atoms. The van der Waals surface area contributed by atoms with Crippen LogP contribution in [0.4, 0.5) is 0 Å². The van der Waals surface area contributed by atoms with E-state index in [0.717, 1.165) is 27.9 Å². The van der Waals surface area contributed by atoms with Gasteiger partial charge < -0.3 is 0 Å². The Kier molecular flexibility index (Phi) is 3.96. The maximum atomic E-state index is 12.4. The van der Waals surface area contributed by atoms with Crippen LogP contribution in [0.2, 0.25) is 0 Å². The molecule has 2 aromatic carbocycles. The van der Waals surface area contributed by atoms with Gasteiger partial charge in [-0.1, -0.05) is 36.4 Å². The van der Waals surface area contributed by atoms with Gasteiger partial charge in [0.15, 0.2) is 0 Å². The van der Waals surface area contributed by atoms with Gasteiger partial charge in [0, 0.05) is 29.9 Å². The standard InChI is InChI=1S/C19H18N4O2S/c1-13-6-3-4-7-14(13)17-12-18(23(22-17)26(2,24)25)15-8-5-9-16-19(15)21-11-10-20-16/h3-11,18H,12H2,1-2H3. The lowest BCUT2D eigenvalue weighted by Crippen LogP contribution is -2.26. The van der Waals surface area contributed by atoms with Gasteiger partial charge in [-0.05, 0) is 18.6 Å². The second kappa shape index (κ2) is 6.17. The summed E-state index contributed by atoms with van der Waals surface area (Å²) in [5.74, 6) is 0. The molecule has 132 valence electrons. The van der Waals surface area contributed by atoms with Crippen molar-refractivity contribution in [3.05, 3.63) is 71.5 Å². The highest BCUT2D eigenvalue weighted by atomic mass is 32.2. The summed E-state index contributed by atoms with van der Waals surface area (Å²) in [7, 11) is -3.52. The molecule has 0 saturated heterocycles. The Balaban J connectivity index is 1.85. The Hall–Kier alpha value is -2.80. The fourth-order valence-electron chi connectivity index (χ4n) is 3.37. The predicted molar refractivity (Wildman–Crippen MR) is 101 cm³/mol. The number of rotatable bonds is 3. The van der Waals surface area contributed by atoms with Crippen molar-refractivity contribution >= 4 is 26.8 Å². The number of para-hydroxylation sites is 1. The SMILES string of the molecule is Cc1ccccc1C1=NN(S(C)(=O)=O)C(c2cccc3nccnc23)C1. The Morgan fingerprint density at radius 2 is 1.81 bits per heavy atom. The van der Waals surface area contributed by atoms with E-state index in [1.165, 1.54) is 10.7 Å². The first-order chi connectivity index (χ1) is 12.4. The molecule has 0 N–H and O–H groups in total. The molecule has 6 nitrogen and oxygen atoms in total. The number of nitrogens with zero attached hydrogens (tertiary/aromatic N) is 4. The zero-order valence-corrected chi connectivity index (χ0v) is 15.3. The molecule has 0 fully saturated rings. The smallest absolute Gasteiger partial charge is 0.247 e. The fraction of sp³-hybridized carbons (Fsp3) is 0.211. The zero-order chi connectivity index (χ0) is 18.3. The van der Waals surface area contributed by atoms with Crippen molar-refractivity contribution in [3.8, 4) is 0 Å². The van der Waals surface area contributed by atoms with Crippen molar-refractivity contribution in [2.24, 2.45) is 5.10 Å². The van der Waals surface area contributed by atoms with Crippen LogP contribution in [0.3, 0.4) is 0 Å². The number of aromatic nitrogens is 2. The van der Waals surface area contributed by atoms with E-state index in [1.807, 2.05) is 49.4 Å². The van der Waals surface area contributed by atoms with Crippen LogP contribution in [0.1, 0.15) is 29.2 Å². The fourth-order valence-corrected chi connectivity index (χ4v) is 4.27. The molecule has 0 spiro atoms. The first kappa shape index (κ1) is 16.7. The summed E-state index contributed by atoms with van der Waals surface area (Å²) in [6, 6.07) is 13.1. The first-order valence-electron chi connectivity index (χ1n) is 8.27. The first-order valence-corrected chi connectivity index (χ1v) is 10.1. The average Bonchev–Trinajstić information content (AvgIpc) is 3.07. The molecule has 1 unspecified atom stereocenters. The van der Waals surface area contributed by atoms with Crippen molar-refractivity contribution in [1.82, 2.24) is 14.4 Å². The van der Waals surface area contributed by atoms with Gasteiger partial charge in [0.2, 0.25) is 10.0 Å². The molecule has 0 amide bonds. The molecule has 1 atom stereocenters. The summed E-state index contributed by atoms with van der Waals surface area (Å²) in [6.45, 7) is 2.00. The van der Waals surface area contributed by atoms with Gasteiger partial charge >= 0.3 is 0 Å². The van der Waals surface area contributed by atoms with Crippen LogP contribution >= 0.6 is 0 Å². The van der Waals surface area contributed by atoms with Gasteiger partial charge in [-0.2, -0.15) is 9.52 Å². The number of aryl methyl sites for hydroxylation is 1. The quantitative estimate of drug-likeness (QED) is 0.714. The number of hydrazone groups is 1. The highest BCUT2D eigenvalue weighted by molar-refractivity contribution is 7.88. The third-order valence-electron chi connectivity index (χ3n) is 4.56. The van der Waals surface area contributed by atoms with Gasteiger partial charge in [0.25, 0.3) is 0 Å². The Morgan fingerprint density at radius 3 is 2.58 bits per heavy atom. The largest absolute Gasteiger partial charge is 0.253 e. The normalized spacial score (nSPS) is 17.5. The maximum absolute atomic E-state index is 12.4. The number of hydrogen-bond acceptors (Lipinski definition) is 5. The summed E-state index contributed by atoms with van der Waals surface area (Å²) < 4.78 is 26.0. The number of fused-ring (bicyclic) bond motifs is 1. The van der Waals surface area contributed by atoms with Crippen molar-refractivity contribution < 1.29 is 8.42 Å². The van der Waals surface area contributed by atoms with E-state index < -0.39 is 16.1 Å². The molecular weight excluding hydrogens is 348 g/mol. The van der Waals surface area contributed by atoms with E-state index in [0.29, 0.717) is 11.9 Å². The average molecular weight is 366 g/mol. The number of sulfonamides is 1. The molecule has 2 heterocycles. The minimum Gasteiger partial charge on any atom is -0.253 e. The minimum absolute atomic E-state index is 0.431. The third kappa shape index (κ3) is 2.84. The van der Waals surface area contributed by atoms with Crippen LogP contribution in [0, 0.1) is 6.92 Å². The highest BCUT2D eigenvalue weighted by Gasteiger charge is 2.36. The van der Waals surface area contributed by atoms with Gasteiger partial charge in [-0.3, -0.25) is 9.97 Å². The Labute approximate surface area is 152 Å². The van der Waals surface area contributed by atoms with Gasteiger partial charge in [-0.25, -0.2) is 8.42 Å². The van der Waals surface area contributed by atoms with Crippen LogP contribution in [-0.2, 0) is 10.0 Å². The van der Waals surface area contributed by atoms with E-state index in [1.54, 1.807) is 12.4 Å². The van der Waals surface area contributed by atoms with Crippen molar-refractivity contribution in [1.29, 1.82) is 0 Å². The number of benzene rings is 2. The van der Waals surface area contributed by atoms with E-state index in [9.17, 15) is 8.42 Å². The van der Waals surface area contributed by atoms with Gasteiger partial charge in [0.05, 0.1) is 29.0 Å². The predicted octanol–water partition coefficient (Wildman–Crippen LogP) is 3.05. The molecule has 1 aromatic heterocycles. The van der Waals surface area contributed by atoms with Gasteiger partial charge in [0.1, 0.15) is 0 Å². The lowest BCUT2D eigenvalue weighted by molar-refractivity contribution is 0.376. The van der Waals surface area contributed by atoms with E-state index >= 15 is 0 Å². The second-order valence-electron chi connectivity index (χ2n) is 6.39. The zero-order valence-electron chi connectivity index (χ0n) is 14.5. The Bertz CT molecular complexity index is 1120. The van der Waals surface area contributed by atoms with E-state index in [-0.39, 0.29) is 0 Å². The third-order valence-corrected chi connectivity index (χ3v) is 5.57. The van der Waals surface area contributed by atoms with Crippen LogP contribution in [-0.4, -0.2) is 34.8 Å². The molecule has 3 aromatic rings. The lowest BCUT2D eigenvalue weighted by atomic mass is 9.96. The van der Waals surface area contributed by atoms with Crippen molar-refractivity contribution in [2.45, 2.75) is 19.4 Å². The summed E-state index contributed by atoms with van der Waals surface area (Å²) in [5, 5.41) is 4.47. The van der Waals surface area contributed by atoms with Crippen molar-refractivity contribution in [2.75, 3.05) is 6.26 Å². The second-order valence-corrected chi connectivity index (χ2v) is 8.23. The summed E-state index contributed by atoms with van der Waals surface area (Å²) >= 11 is 0. The molecule has 26 heavy (non-hydrogen) atoms. The molecule has 4 rings (SSSR count). The monoisotopic (exact) mass is 366 g/mol. The molecule has 0 aliphatic carbocycles. The molecular formula is C19H18N4O2S. The number of hydrogen-bond donors (Lipinski definition) is 0. The van der Waals surface area contributed by atoms with E-state index in [4.69, 9.17) is 0 Å². The minimum atomic E-state index is -3.52. The Morgan fingerprint density at radius 1 is 1.04 bits per heavy atom. The highest BCUT2D eigenvalue weighted by Crippen LogP contribution is 2.37. The molecule has 7 heteroatoms. The lowest BCUT2D eigenvalue weighted by Gasteiger charge is -2.22. The topological polar surface area (TPSA) is 75.5 Å².